The summed E-state index contributed by atoms with van der Waals surface area (Å²) in [5, 5.41) is 14.5. The lowest BCUT2D eigenvalue weighted by molar-refractivity contribution is -0.127. The molecule has 0 saturated heterocycles. The number of carbonyl (C=O) groups excluding carboxylic acids is 1. The van der Waals surface area contributed by atoms with Gasteiger partial charge in [0, 0.05) is 5.69 Å². The summed E-state index contributed by atoms with van der Waals surface area (Å²) in [6.45, 7) is 3.40. The molecule has 0 heterocycles. The van der Waals surface area contributed by atoms with E-state index in [9.17, 15) is 23.1 Å². The maximum Gasteiger partial charge on any atom is 0.393 e. The molecule has 0 bridgehead atoms. The van der Waals surface area contributed by atoms with Gasteiger partial charge >= 0.3 is 12.2 Å². The normalized spacial score (nSPS) is 12.1. The van der Waals surface area contributed by atoms with E-state index in [0.29, 0.717) is 12.8 Å². The van der Waals surface area contributed by atoms with Gasteiger partial charge in [-0.2, -0.15) is 13.2 Å². The van der Waals surface area contributed by atoms with Gasteiger partial charge < -0.3 is 15.7 Å². The molecule has 0 aliphatic heterocycles. The van der Waals surface area contributed by atoms with Crippen molar-refractivity contribution >= 4 is 11.7 Å². The van der Waals surface area contributed by atoms with Gasteiger partial charge in [-0.25, -0.2) is 4.79 Å². The molecule has 0 aromatic heterocycles. The summed E-state index contributed by atoms with van der Waals surface area (Å²) in [5.74, 6) is 0. The van der Waals surface area contributed by atoms with Gasteiger partial charge in [0.05, 0.1) is 18.6 Å². The van der Waals surface area contributed by atoms with Crippen molar-refractivity contribution < 1.29 is 23.1 Å². The molecule has 0 spiro atoms. The standard InChI is InChI=1S/C15H21F3N2O2/c1-3-14(4-2,10-21)20-13(22)19-12-8-6-5-7-11(12)9-15(16,17)18/h5-8,21H,3-4,9-10H2,1-2H3,(H2,19,20,22). The van der Waals surface area contributed by atoms with Crippen LogP contribution in [-0.4, -0.2) is 29.5 Å². The van der Waals surface area contributed by atoms with Crippen LogP contribution < -0.4 is 10.6 Å². The van der Waals surface area contributed by atoms with Crippen LogP contribution in [0.25, 0.3) is 0 Å². The van der Waals surface area contributed by atoms with Gasteiger partial charge in [0.2, 0.25) is 0 Å². The van der Waals surface area contributed by atoms with E-state index in [1.165, 1.54) is 18.2 Å². The first-order chi connectivity index (χ1) is 10.2. The SMILES string of the molecule is CCC(CC)(CO)NC(=O)Nc1ccccc1CC(F)(F)F. The van der Waals surface area contributed by atoms with Crippen LogP contribution in [-0.2, 0) is 6.42 Å². The van der Waals surface area contributed by atoms with Gasteiger partial charge in [-0.05, 0) is 24.5 Å². The Kier molecular flexibility index (Phi) is 6.22. The van der Waals surface area contributed by atoms with Crippen molar-refractivity contribution in [3.8, 4) is 0 Å². The van der Waals surface area contributed by atoms with E-state index in [0.717, 1.165) is 0 Å². The zero-order valence-corrected chi connectivity index (χ0v) is 12.6. The van der Waals surface area contributed by atoms with Gasteiger partial charge in [0.1, 0.15) is 0 Å². The summed E-state index contributed by atoms with van der Waals surface area (Å²) in [4.78, 5) is 12.0. The maximum absolute atomic E-state index is 12.5. The number of aliphatic hydroxyl groups is 1. The minimum absolute atomic E-state index is 0.00672. The number of nitrogens with one attached hydrogen (secondary N) is 2. The van der Waals surface area contributed by atoms with Gasteiger partial charge in [-0.1, -0.05) is 32.0 Å². The van der Waals surface area contributed by atoms with Crippen molar-refractivity contribution in [3.63, 3.8) is 0 Å². The minimum atomic E-state index is -4.35. The van der Waals surface area contributed by atoms with E-state index in [1.807, 2.05) is 13.8 Å². The Balaban J connectivity index is 2.85. The summed E-state index contributed by atoms with van der Waals surface area (Å²) in [5.41, 5.74) is -0.674. The van der Waals surface area contributed by atoms with E-state index in [-0.39, 0.29) is 17.9 Å². The van der Waals surface area contributed by atoms with Crippen LogP contribution in [0.15, 0.2) is 24.3 Å². The first kappa shape index (κ1) is 18.3. The quantitative estimate of drug-likeness (QED) is 0.752. The van der Waals surface area contributed by atoms with Crippen LogP contribution in [0.1, 0.15) is 32.3 Å². The Morgan fingerprint density at radius 3 is 2.27 bits per heavy atom. The second kappa shape index (κ2) is 7.49. The van der Waals surface area contributed by atoms with Crippen molar-refractivity contribution in [1.82, 2.24) is 5.32 Å². The highest BCUT2D eigenvalue weighted by Gasteiger charge is 2.30. The molecule has 1 aromatic rings. The number of aliphatic hydroxyl groups excluding tert-OH is 1. The average Bonchev–Trinajstić information content (AvgIpc) is 2.45. The summed E-state index contributed by atoms with van der Waals surface area (Å²) in [6.07, 6.45) is -4.44. The molecule has 0 atom stereocenters. The van der Waals surface area contributed by atoms with Crippen LogP contribution in [0.4, 0.5) is 23.7 Å². The topological polar surface area (TPSA) is 61.4 Å². The lowest BCUT2D eigenvalue weighted by Gasteiger charge is -2.30. The molecule has 0 aliphatic rings. The summed E-state index contributed by atoms with van der Waals surface area (Å²) in [7, 11) is 0. The Morgan fingerprint density at radius 2 is 1.77 bits per heavy atom. The number of alkyl halides is 3. The van der Waals surface area contributed by atoms with Crippen molar-refractivity contribution in [2.24, 2.45) is 0 Å². The number of hydrogen-bond donors (Lipinski definition) is 3. The van der Waals surface area contributed by atoms with Gasteiger partial charge in [0.25, 0.3) is 0 Å². The number of hydrogen-bond acceptors (Lipinski definition) is 2. The summed E-state index contributed by atoms with van der Waals surface area (Å²) in [6, 6.07) is 5.14. The van der Waals surface area contributed by atoms with Crippen LogP contribution in [0.3, 0.4) is 0 Å². The first-order valence-electron chi connectivity index (χ1n) is 7.10. The van der Waals surface area contributed by atoms with Crippen LogP contribution >= 0.6 is 0 Å². The van der Waals surface area contributed by atoms with Crippen molar-refractivity contribution in [3.05, 3.63) is 29.8 Å². The smallest absolute Gasteiger partial charge is 0.393 e. The number of benzene rings is 1. The Bertz CT molecular complexity index is 492. The fourth-order valence-electron chi connectivity index (χ4n) is 2.10. The maximum atomic E-state index is 12.5. The molecule has 22 heavy (non-hydrogen) atoms. The molecule has 3 N–H and O–H groups in total. The molecule has 0 unspecified atom stereocenters. The third-order valence-corrected chi connectivity index (χ3v) is 3.69. The van der Waals surface area contributed by atoms with E-state index >= 15 is 0 Å². The molecule has 0 fully saturated rings. The Labute approximate surface area is 127 Å². The summed E-state index contributed by atoms with van der Waals surface area (Å²) >= 11 is 0. The van der Waals surface area contributed by atoms with Crippen molar-refractivity contribution in [2.75, 3.05) is 11.9 Å². The van der Waals surface area contributed by atoms with Gasteiger partial charge in [-0.15, -0.1) is 0 Å². The van der Waals surface area contributed by atoms with Crippen LogP contribution in [0.2, 0.25) is 0 Å². The highest BCUT2D eigenvalue weighted by molar-refractivity contribution is 5.90. The first-order valence-corrected chi connectivity index (χ1v) is 7.10. The molecule has 0 aliphatic carbocycles. The number of rotatable bonds is 6. The second-order valence-electron chi connectivity index (χ2n) is 5.17. The lowest BCUT2D eigenvalue weighted by Crippen LogP contribution is -2.52. The fourth-order valence-corrected chi connectivity index (χ4v) is 2.10. The molecule has 0 radical (unpaired) electrons. The average molecular weight is 318 g/mol. The van der Waals surface area contributed by atoms with E-state index < -0.39 is 24.2 Å². The molecule has 0 saturated carbocycles. The van der Waals surface area contributed by atoms with E-state index in [4.69, 9.17) is 0 Å². The third kappa shape index (κ3) is 5.22. The fraction of sp³-hybridized carbons (Fsp3) is 0.533. The lowest BCUT2D eigenvalue weighted by atomic mass is 9.94. The molecule has 124 valence electrons. The number of urea groups is 1. The van der Waals surface area contributed by atoms with Crippen molar-refractivity contribution in [1.29, 1.82) is 0 Å². The monoisotopic (exact) mass is 318 g/mol. The number of amides is 2. The predicted octanol–water partition coefficient (Wildman–Crippen LogP) is 3.46. The Hall–Kier alpha value is -1.76. The highest BCUT2D eigenvalue weighted by Crippen LogP contribution is 2.26. The van der Waals surface area contributed by atoms with E-state index in [2.05, 4.69) is 10.6 Å². The van der Waals surface area contributed by atoms with Gasteiger partial charge in [-0.3, -0.25) is 0 Å². The third-order valence-electron chi connectivity index (χ3n) is 3.69. The predicted molar refractivity (Wildman–Crippen MR) is 78.8 cm³/mol. The van der Waals surface area contributed by atoms with Gasteiger partial charge in [0.15, 0.2) is 0 Å². The molecular formula is C15H21F3N2O2. The Morgan fingerprint density at radius 1 is 1.18 bits per heavy atom. The molecule has 4 nitrogen and oxygen atoms in total. The minimum Gasteiger partial charge on any atom is -0.394 e. The van der Waals surface area contributed by atoms with Crippen LogP contribution in [0, 0.1) is 0 Å². The number of carbonyl (C=O) groups is 1. The molecular weight excluding hydrogens is 297 g/mol. The number of halogens is 3. The van der Waals surface area contributed by atoms with Crippen molar-refractivity contribution in [2.45, 2.75) is 44.8 Å². The second-order valence-corrected chi connectivity index (χ2v) is 5.17. The number of para-hydroxylation sites is 1. The zero-order chi connectivity index (χ0) is 16.8. The molecule has 7 heteroatoms. The van der Waals surface area contributed by atoms with Crippen LogP contribution in [0.5, 0.6) is 0 Å². The molecule has 1 aromatic carbocycles. The van der Waals surface area contributed by atoms with E-state index in [1.54, 1.807) is 6.07 Å². The molecule has 2 amide bonds. The summed E-state index contributed by atoms with van der Waals surface area (Å²) < 4.78 is 37.6. The largest absolute Gasteiger partial charge is 0.394 e. The highest BCUT2D eigenvalue weighted by atomic mass is 19.4. The molecule has 1 rings (SSSR count). The number of anilines is 1. The zero-order valence-electron chi connectivity index (χ0n) is 12.6.